The molecule has 0 fully saturated rings. The van der Waals surface area contributed by atoms with Crippen molar-refractivity contribution in [3.05, 3.63) is 48.0 Å². The number of carbonyl (C=O) groups is 2. The van der Waals surface area contributed by atoms with Gasteiger partial charge in [-0.25, -0.2) is 0 Å². The Morgan fingerprint density at radius 3 is 2.64 bits per heavy atom. The van der Waals surface area contributed by atoms with Crippen molar-refractivity contribution in [1.29, 1.82) is 0 Å². The second-order valence-corrected chi connectivity index (χ2v) is 6.65. The fourth-order valence-corrected chi connectivity index (χ4v) is 3.02. The maximum absolute atomic E-state index is 12.1. The number of hydrogen-bond donors (Lipinski definition) is 2. The lowest BCUT2D eigenvalue weighted by molar-refractivity contribution is -0.113. The first-order valence-corrected chi connectivity index (χ1v) is 9.13. The second kappa shape index (κ2) is 7.61. The molecular weight excluding hydrogens is 384 g/mol. The molecule has 10 heteroatoms. The van der Waals surface area contributed by atoms with Crippen LogP contribution in [0.1, 0.15) is 10.4 Å². The molecule has 0 unspecified atom stereocenters. The normalized spacial score (nSPS) is 12.0. The number of nitrogens with one attached hydrogen (secondary N) is 1. The van der Waals surface area contributed by atoms with Gasteiger partial charge in [0.05, 0.1) is 5.75 Å². The van der Waals surface area contributed by atoms with Crippen LogP contribution in [0, 0.1) is 0 Å². The summed E-state index contributed by atoms with van der Waals surface area (Å²) in [6.07, 6.45) is 0. The third-order valence-corrected chi connectivity index (χ3v) is 4.62. The average molecular weight is 398 g/mol. The lowest BCUT2D eigenvalue weighted by atomic mass is 10.2. The van der Waals surface area contributed by atoms with Gasteiger partial charge in [-0.1, -0.05) is 11.8 Å². The number of benzene rings is 2. The largest absolute Gasteiger partial charge is 0.454 e. The molecule has 142 valence electrons. The highest BCUT2D eigenvalue weighted by molar-refractivity contribution is 7.99. The van der Waals surface area contributed by atoms with Gasteiger partial charge in [0.2, 0.25) is 24.5 Å². The van der Waals surface area contributed by atoms with Crippen LogP contribution in [0.3, 0.4) is 0 Å². The second-order valence-electron chi connectivity index (χ2n) is 5.72. The van der Waals surface area contributed by atoms with Gasteiger partial charge < -0.3 is 24.9 Å². The summed E-state index contributed by atoms with van der Waals surface area (Å²) in [6, 6.07) is 11.6. The Morgan fingerprint density at radius 2 is 1.86 bits per heavy atom. The summed E-state index contributed by atoms with van der Waals surface area (Å²) in [5, 5.41) is 10.9. The zero-order chi connectivity index (χ0) is 19.5. The summed E-state index contributed by atoms with van der Waals surface area (Å²) in [5.74, 6) is 0.913. The number of aromatic nitrogens is 2. The van der Waals surface area contributed by atoms with Crippen LogP contribution in [-0.4, -0.2) is 34.6 Å². The number of amides is 2. The van der Waals surface area contributed by atoms with E-state index in [1.807, 2.05) is 0 Å². The molecule has 4 rings (SSSR count). The van der Waals surface area contributed by atoms with Crippen LogP contribution < -0.4 is 20.5 Å². The maximum Gasteiger partial charge on any atom is 0.277 e. The first kappa shape index (κ1) is 17.9. The van der Waals surface area contributed by atoms with E-state index in [2.05, 4.69) is 15.5 Å². The summed E-state index contributed by atoms with van der Waals surface area (Å²) in [4.78, 5) is 23.1. The standard InChI is InChI=1S/C18H14N4O5S/c19-16(24)10-1-4-12(5-2-10)20-15(23)8-28-18-22-21-17(27-18)11-3-6-13-14(7-11)26-9-25-13/h1-7H,8-9H2,(H2,19,24)(H,20,23). The number of anilines is 1. The molecule has 3 N–H and O–H groups in total. The number of nitrogens with zero attached hydrogens (tertiary/aromatic N) is 2. The first-order chi connectivity index (χ1) is 13.6. The Labute approximate surface area is 163 Å². The fraction of sp³-hybridized carbons (Fsp3) is 0.111. The van der Waals surface area contributed by atoms with Gasteiger partial charge in [0.25, 0.3) is 5.22 Å². The van der Waals surface area contributed by atoms with Crippen LogP contribution in [-0.2, 0) is 4.79 Å². The molecule has 1 aliphatic rings. The summed E-state index contributed by atoms with van der Waals surface area (Å²) in [7, 11) is 0. The number of hydrogen-bond acceptors (Lipinski definition) is 8. The average Bonchev–Trinajstić information content (AvgIpc) is 3.35. The minimum Gasteiger partial charge on any atom is -0.454 e. The van der Waals surface area contributed by atoms with E-state index in [0.29, 0.717) is 34.2 Å². The van der Waals surface area contributed by atoms with E-state index in [1.54, 1.807) is 42.5 Å². The molecule has 0 spiro atoms. The molecule has 2 aromatic carbocycles. The summed E-state index contributed by atoms with van der Waals surface area (Å²) < 4.78 is 16.2. The highest BCUT2D eigenvalue weighted by atomic mass is 32.2. The van der Waals surface area contributed by atoms with Crippen molar-refractivity contribution in [2.24, 2.45) is 5.73 Å². The summed E-state index contributed by atoms with van der Waals surface area (Å²) in [6.45, 7) is 0.185. The fourth-order valence-electron chi connectivity index (χ4n) is 2.46. The van der Waals surface area contributed by atoms with Crippen molar-refractivity contribution in [2.75, 3.05) is 17.9 Å². The third-order valence-electron chi connectivity index (χ3n) is 3.81. The van der Waals surface area contributed by atoms with E-state index in [1.165, 1.54) is 0 Å². The molecule has 9 nitrogen and oxygen atoms in total. The number of primary amides is 1. The molecule has 3 aromatic rings. The third kappa shape index (κ3) is 3.91. The van der Waals surface area contributed by atoms with Crippen LogP contribution in [0.15, 0.2) is 52.1 Å². The monoisotopic (exact) mass is 398 g/mol. The van der Waals surface area contributed by atoms with Gasteiger partial charge in [0.1, 0.15) is 0 Å². The van der Waals surface area contributed by atoms with Gasteiger partial charge in [-0.3, -0.25) is 9.59 Å². The van der Waals surface area contributed by atoms with Crippen molar-refractivity contribution in [3.8, 4) is 23.0 Å². The van der Waals surface area contributed by atoms with Crippen LogP contribution in [0.5, 0.6) is 11.5 Å². The van der Waals surface area contributed by atoms with Gasteiger partial charge in [-0.05, 0) is 42.5 Å². The predicted octanol–water partition coefficient (Wildman–Crippen LogP) is 2.29. The van der Waals surface area contributed by atoms with Gasteiger partial charge in [-0.2, -0.15) is 0 Å². The number of nitrogens with two attached hydrogens (primary N) is 1. The zero-order valence-electron chi connectivity index (χ0n) is 14.4. The van der Waals surface area contributed by atoms with E-state index in [4.69, 9.17) is 19.6 Å². The Kier molecular flexibility index (Phi) is 4.85. The molecule has 1 aromatic heterocycles. The Hall–Kier alpha value is -3.53. The Bertz CT molecular complexity index is 1030. The van der Waals surface area contributed by atoms with Crippen LogP contribution >= 0.6 is 11.8 Å². The highest BCUT2D eigenvalue weighted by Gasteiger charge is 2.17. The maximum atomic E-state index is 12.1. The van der Waals surface area contributed by atoms with Gasteiger partial charge in [-0.15, -0.1) is 10.2 Å². The molecule has 0 radical (unpaired) electrons. The molecule has 1 aliphatic heterocycles. The van der Waals surface area contributed by atoms with E-state index < -0.39 is 5.91 Å². The molecule has 28 heavy (non-hydrogen) atoms. The van der Waals surface area contributed by atoms with Crippen molar-refractivity contribution >= 4 is 29.3 Å². The van der Waals surface area contributed by atoms with Gasteiger partial charge in [0.15, 0.2) is 11.5 Å². The number of thioether (sulfide) groups is 1. The molecule has 2 amide bonds. The number of rotatable bonds is 6. The molecule has 0 atom stereocenters. The predicted molar refractivity (Wildman–Crippen MR) is 100 cm³/mol. The van der Waals surface area contributed by atoms with Crippen LogP contribution in [0.25, 0.3) is 11.5 Å². The highest BCUT2D eigenvalue weighted by Crippen LogP contribution is 2.36. The quantitative estimate of drug-likeness (QED) is 0.605. The Balaban J connectivity index is 1.34. The number of carbonyl (C=O) groups excluding carboxylic acids is 2. The minimum atomic E-state index is -0.525. The lowest BCUT2D eigenvalue weighted by Crippen LogP contribution is -2.15. The van der Waals surface area contributed by atoms with Gasteiger partial charge in [0, 0.05) is 16.8 Å². The molecule has 2 heterocycles. The van der Waals surface area contributed by atoms with Crippen LogP contribution in [0.4, 0.5) is 5.69 Å². The van der Waals surface area contributed by atoms with E-state index in [0.717, 1.165) is 11.8 Å². The van der Waals surface area contributed by atoms with E-state index in [9.17, 15) is 9.59 Å². The summed E-state index contributed by atoms with van der Waals surface area (Å²) >= 11 is 1.11. The van der Waals surface area contributed by atoms with E-state index in [-0.39, 0.29) is 23.7 Å². The lowest BCUT2D eigenvalue weighted by Gasteiger charge is -2.04. The Morgan fingerprint density at radius 1 is 1.07 bits per heavy atom. The molecule has 0 saturated carbocycles. The van der Waals surface area contributed by atoms with Crippen molar-refractivity contribution < 1.29 is 23.5 Å². The summed E-state index contributed by atoms with van der Waals surface area (Å²) in [5.41, 5.74) is 6.81. The molecule has 0 bridgehead atoms. The molecule has 0 aliphatic carbocycles. The number of fused-ring (bicyclic) bond motifs is 1. The SMILES string of the molecule is NC(=O)c1ccc(NC(=O)CSc2nnc(-c3ccc4c(c3)OCO4)o2)cc1. The van der Waals surface area contributed by atoms with E-state index >= 15 is 0 Å². The topological polar surface area (TPSA) is 130 Å². The molecule has 0 saturated heterocycles. The number of ether oxygens (including phenoxy) is 2. The first-order valence-electron chi connectivity index (χ1n) is 8.14. The van der Waals surface area contributed by atoms with Crippen molar-refractivity contribution in [1.82, 2.24) is 10.2 Å². The van der Waals surface area contributed by atoms with Gasteiger partial charge >= 0.3 is 0 Å². The van der Waals surface area contributed by atoms with Crippen molar-refractivity contribution in [2.45, 2.75) is 5.22 Å². The van der Waals surface area contributed by atoms with Crippen LogP contribution in [0.2, 0.25) is 0 Å². The molecular formula is C18H14N4O5S. The minimum absolute atomic E-state index is 0.0837. The van der Waals surface area contributed by atoms with Crippen molar-refractivity contribution in [3.63, 3.8) is 0 Å². The smallest absolute Gasteiger partial charge is 0.277 e. The zero-order valence-corrected chi connectivity index (χ0v) is 15.2.